The van der Waals surface area contributed by atoms with Crippen molar-refractivity contribution in [3.8, 4) is 5.75 Å². The van der Waals surface area contributed by atoms with E-state index in [0.717, 1.165) is 17.7 Å². The van der Waals surface area contributed by atoms with Gasteiger partial charge in [0.2, 0.25) is 0 Å². The molecule has 2 aromatic rings. The van der Waals surface area contributed by atoms with Crippen molar-refractivity contribution < 1.29 is 17.9 Å². The molecule has 0 amide bonds. The number of hydrogen-bond donors (Lipinski definition) is 0. The Morgan fingerprint density at radius 3 is 2.44 bits per heavy atom. The van der Waals surface area contributed by atoms with Gasteiger partial charge in [-0.1, -0.05) is 6.07 Å². The molecule has 94 valence electrons. The Kier molecular flexibility index (Phi) is 3.50. The number of rotatable bonds is 3. The van der Waals surface area contributed by atoms with Gasteiger partial charge in [0.15, 0.2) is 0 Å². The van der Waals surface area contributed by atoms with Crippen LogP contribution >= 0.6 is 0 Å². The van der Waals surface area contributed by atoms with Crippen LogP contribution < -0.4 is 4.74 Å². The second-order valence-electron chi connectivity index (χ2n) is 3.67. The number of nitrogens with zero attached hydrogens (tertiary/aromatic N) is 1. The van der Waals surface area contributed by atoms with Crippen molar-refractivity contribution in [3.05, 3.63) is 59.9 Å². The Morgan fingerprint density at radius 2 is 1.78 bits per heavy atom. The Morgan fingerprint density at radius 1 is 1.06 bits per heavy atom. The lowest BCUT2D eigenvalue weighted by molar-refractivity contribution is -0.137. The zero-order valence-electron chi connectivity index (χ0n) is 9.32. The molecular weight excluding hydrogens is 243 g/mol. The van der Waals surface area contributed by atoms with Crippen molar-refractivity contribution >= 4 is 0 Å². The number of ether oxygens (including phenoxy) is 1. The molecule has 2 rings (SSSR count). The molecule has 0 saturated heterocycles. The normalized spacial score (nSPS) is 11.3. The molecule has 0 N–H and O–H groups in total. The van der Waals surface area contributed by atoms with Crippen LogP contribution in [0.5, 0.6) is 5.75 Å². The minimum Gasteiger partial charge on any atom is -0.489 e. The molecule has 0 bridgehead atoms. The zero-order valence-corrected chi connectivity index (χ0v) is 9.32. The van der Waals surface area contributed by atoms with E-state index >= 15 is 0 Å². The Labute approximate surface area is 102 Å². The van der Waals surface area contributed by atoms with Gasteiger partial charge >= 0.3 is 6.18 Å². The smallest absolute Gasteiger partial charge is 0.416 e. The van der Waals surface area contributed by atoms with Crippen LogP contribution in [0, 0.1) is 0 Å². The summed E-state index contributed by atoms with van der Waals surface area (Å²) in [7, 11) is 0. The van der Waals surface area contributed by atoms with Crippen molar-refractivity contribution in [3.63, 3.8) is 0 Å². The topological polar surface area (TPSA) is 22.1 Å². The predicted octanol–water partition coefficient (Wildman–Crippen LogP) is 3.68. The van der Waals surface area contributed by atoms with Crippen LogP contribution in [-0.4, -0.2) is 4.98 Å². The second kappa shape index (κ2) is 5.08. The van der Waals surface area contributed by atoms with Gasteiger partial charge in [-0.05, 0) is 35.9 Å². The summed E-state index contributed by atoms with van der Waals surface area (Å²) in [6.45, 7) is 0.212. The second-order valence-corrected chi connectivity index (χ2v) is 3.67. The average Bonchev–Trinajstić information content (AvgIpc) is 2.37. The molecule has 0 radical (unpaired) electrons. The van der Waals surface area contributed by atoms with E-state index in [1.54, 1.807) is 24.5 Å². The maximum Gasteiger partial charge on any atom is 0.416 e. The van der Waals surface area contributed by atoms with Gasteiger partial charge in [0.1, 0.15) is 12.4 Å². The first-order chi connectivity index (χ1) is 8.55. The quantitative estimate of drug-likeness (QED) is 0.832. The van der Waals surface area contributed by atoms with Crippen molar-refractivity contribution in [1.82, 2.24) is 4.98 Å². The Bertz CT molecular complexity index is 511. The van der Waals surface area contributed by atoms with Crippen molar-refractivity contribution in [2.75, 3.05) is 0 Å². The van der Waals surface area contributed by atoms with Crippen LogP contribution in [0.2, 0.25) is 0 Å². The fraction of sp³-hybridized carbons (Fsp3) is 0.154. The van der Waals surface area contributed by atoms with Gasteiger partial charge in [-0.2, -0.15) is 13.2 Å². The molecule has 0 spiro atoms. The van der Waals surface area contributed by atoms with E-state index in [0.29, 0.717) is 0 Å². The van der Waals surface area contributed by atoms with E-state index in [9.17, 15) is 13.2 Å². The summed E-state index contributed by atoms with van der Waals surface area (Å²) in [6.07, 6.45) is -1.15. The maximum absolute atomic E-state index is 12.5. The minimum atomic E-state index is -4.35. The third-order valence-corrected chi connectivity index (χ3v) is 2.32. The number of aromatic nitrogens is 1. The first-order valence-corrected chi connectivity index (χ1v) is 5.25. The molecule has 1 heterocycles. The molecule has 0 fully saturated rings. The van der Waals surface area contributed by atoms with Crippen LogP contribution in [-0.2, 0) is 12.8 Å². The molecule has 0 atom stereocenters. The molecule has 0 aliphatic rings. The van der Waals surface area contributed by atoms with Gasteiger partial charge in [-0.15, -0.1) is 0 Å². The first-order valence-electron chi connectivity index (χ1n) is 5.25. The summed E-state index contributed by atoms with van der Waals surface area (Å²) >= 11 is 0. The summed E-state index contributed by atoms with van der Waals surface area (Å²) in [5.41, 5.74) is 0.136. The van der Waals surface area contributed by atoms with Gasteiger partial charge in [-0.3, -0.25) is 4.98 Å². The lowest BCUT2D eigenvalue weighted by atomic mass is 10.2. The molecule has 18 heavy (non-hydrogen) atoms. The highest BCUT2D eigenvalue weighted by molar-refractivity contribution is 5.30. The summed E-state index contributed by atoms with van der Waals surface area (Å²) in [4.78, 5) is 3.84. The van der Waals surface area contributed by atoms with Crippen LogP contribution in [0.4, 0.5) is 13.2 Å². The molecule has 1 aromatic carbocycles. The highest BCUT2D eigenvalue weighted by Gasteiger charge is 2.30. The van der Waals surface area contributed by atoms with E-state index in [1.165, 1.54) is 12.1 Å². The number of hydrogen-bond acceptors (Lipinski definition) is 2. The summed E-state index contributed by atoms with van der Waals surface area (Å²) in [5.74, 6) is 0.196. The minimum absolute atomic E-state index is 0.196. The SMILES string of the molecule is FC(F)(F)c1cccc(OCc2ccncc2)c1. The summed E-state index contributed by atoms with van der Waals surface area (Å²) in [6, 6.07) is 8.31. The molecule has 2 nitrogen and oxygen atoms in total. The molecule has 0 aliphatic heterocycles. The fourth-order valence-electron chi connectivity index (χ4n) is 1.41. The van der Waals surface area contributed by atoms with Crippen molar-refractivity contribution in [1.29, 1.82) is 0 Å². The molecule has 0 saturated carbocycles. The van der Waals surface area contributed by atoms with E-state index < -0.39 is 11.7 Å². The third-order valence-electron chi connectivity index (χ3n) is 2.32. The van der Waals surface area contributed by atoms with Gasteiger partial charge < -0.3 is 4.74 Å². The summed E-state index contributed by atoms with van der Waals surface area (Å²) < 4.78 is 42.7. The van der Waals surface area contributed by atoms with Crippen LogP contribution in [0.15, 0.2) is 48.8 Å². The monoisotopic (exact) mass is 253 g/mol. The highest BCUT2D eigenvalue weighted by atomic mass is 19.4. The Balaban J connectivity index is 2.06. The Hall–Kier alpha value is -2.04. The molecule has 0 aliphatic carbocycles. The summed E-state index contributed by atoms with van der Waals surface area (Å²) in [5, 5.41) is 0. The van der Waals surface area contributed by atoms with Crippen LogP contribution in [0.25, 0.3) is 0 Å². The van der Waals surface area contributed by atoms with E-state index in [-0.39, 0.29) is 12.4 Å². The fourth-order valence-corrected chi connectivity index (χ4v) is 1.41. The van der Waals surface area contributed by atoms with E-state index in [1.807, 2.05) is 0 Å². The molecule has 1 aromatic heterocycles. The molecular formula is C13H10F3NO. The van der Waals surface area contributed by atoms with E-state index in [4.69, 9.17) is 4.74 Å². The number of alkyl halides is 3. The zero-order chi connectivity index (χ0) is 13.0. The van der Waals surface area contributed by atoms with Gasteiger partial charge in [-0.25, -0.2) is 0 Å². The lowest BCUT2D eigenvalue weighted by Crippen LogP contribution is -2.05. The van der Waals surface area contributed by atoms with Gasteiger partial charge in [0.25, 0.3) is 0 Å². The molecule has 5 heteroatoms. The maximum atomic E-state index is 12.5. The van der Waals surface area contributed by atoms with Gasteiger partial charge in [0.05, 0.1) is 5.56 Å². The standard InChI is InChI=1S/C13H10F3NO/c14-13(15,16)11-2-1-3-12(8-11)18-9-10-4-6-17-7-5-10/h1-8H,9H2. The highest BCUT2D eigenvalue weighted by Crippen LogP contribution is 2.31. The average molecular weight is 253 g/mol. The lowest BCUT2D eigenvalue weighted by Gasteiger charge is -2.10. The number of benzene rings is 1. The van der Waals surface area contributed by atoms with Crippen LogP contribution in [0.1, 0.15) is 11.1 Å². The predicted molar refractivity (Wildman–Crippen MR) is 60.0 cm³/mol. The first kappa shape index (κ1) is 12.4. The van der Waals surface area contributed by atoms with Crippen LogP contribution in [0.3, 0.4) is 0 Å². The van der Waals surface area contributed by atoms with E-state index in [2.05, 4.69) is 4.98 Å². The molecule has 0 unspecified atom stereocenters. The van der Waals surface area contributed by atoms with Gasteiger partial charge in [0, 0.05) is 12.4 Å². The number of halogens is 3. The van der Waals surface area contributed by atoms with Crippen molar-refractivity contribution in [2.45, 2.75) is 12.8 Å². The largest absolute Gasteiger partial charge is 0.489 e. The third kappa shape index (κ3) is 3.23. The number of pyridine rings is 1. The van der Waals surface area contributed by atoms with Crippen molar-refractivity contribution in [2.24, 2.45) is 0 Å².